The van der Waals surface area contributed by atoms with Gasteiger partial charge in [-0.25, -0.2) is 9.67 Å². The molecule has 0 atom stereocenters. The van der Waals surface area contributed by atoms with Crippen LogP contribution in [0.3, 0.4) is 0 Å². The lowest BCUT2D eigenvalue weighted by Gasteiger charge is -2.21. The highest BCUT2D eigenvalue weighted by Crippen LogP contribution is 2.42. The first kappa shape index (κ1) is 18.7. The van der Waals surface area contributed by atoms with Gasteiger partial charge in [-0.15, -0.1) is 16.4 Å². The highest BCUT2D eigenvalue weighted by atomic mass is 79.9. The Morgan fingerprint density at radius 3 is 2.66 bits per heavy atom. The van der Waals surface area contributed by atoms with Crippen LogP contribution in [0.2, 0.25) is 0 Å². The molecule has 2 aliphatic rings. The van der Waals surface area contributed by atoms with E-state index in [1.54, 1.807) is 11.3 Å². The van der Waals surface area contributed by atoms with Gasteiger partial charge in [-0.1, -0.05) is 21.1 Å². The smallest absolute Gasteiger partial charge is 0.276 e. The summed E-state index contributed by atoms with van der Waals surface area (Å²) in [5.74, 6) is 0.364. The molecule has 0 radical (unpaired) electrons. The summed E-state index contributed by atoms with van der Waals surface area (Å²) in [5.41, 5.74) is 2.41. The number of aromatic nitrogens is 4. The molecule has 1 aromatic carbocycles. The number of carbonyl (C=O) groups excluding carboxylic acids is 1. The predicted molar refractivity (Wildman–Crippen MR) is 116 cm³/mol. The van der Waals surface area contributed by atoms with Crippen molar-refractivity contribution in [1.29, 1.82) is 0 Å². The van der Waals surface area contributed by atoms with Gasteiger partial charge in [0.25, 0.3) is 5.91 Å². The molecular weight excluding hydrogens is 452 g/mol. The first-order valence-corrected chi connectivity index (χ1v) is 11.5. The third-order valence-electron chi connectivity index (χ3n) is 5.42. The number of halogens is 1. The Bertz CT molecular complexity index is 999. The topological polar surface area (TPSA) is 67.2 Å². The lowest BCUT2D eigenvalue weighted by atomic mass is 10.2. The Labute approximate surface area is 181 Å². The maximum atomic E-state index is 13.4. The maximum Gasteiger partial charge on any atom is 0.276 e. The fraction of sp³-hybridized carbons (Fsp3) is 0.400. The summed E-state index contributed by atoms with van der Waals surface area (Å²) in [7, 11) is 0. The number of benzene rings is 1. The van der Waals surface area contributed by atoms with Crippen molar-refractivity contribution in [2.45, 2.75) is 25.2 Å². The van der Waals surface area contributed by atoms with Gasteiger partial charge in [0.1, 0.15) is 0 Å². The highest BCUT2D eigenvalue weighted by molar-refractivity contribution is 9.10. The van der Waals surface area contributed by atoms with E-state index >= 15 is 0 Å². The molecule has 3 heterocycles. The Kier molecular flexibility index (Phi) is 5.09. The number of nitrogens with zero attached hydrogens (tertiary/aromatic N) is 6. The van der Waals surface area contributed by atoms with E-state index in [2.05, 4.69) is 36.1 Å². The lowest BCUT2D eigenvalue weighted by molar-refractivity contribution is 0.0760. The second-order valence-corrected chi connectivity index (χ2v) is 9.22. The summed E-state index contributed by atoms with van der Waals surface area (Å²) < 4.78 is 2.86. The number of hydrogen-bond donors (Lipinski definition) is 0. The molecule has 1 aliphatic heterocycles. The van der Waals surface area contributed by atoms with E-state index in [0.29, 0.717) is 18.2 Å². The summed E-state index contributed by atoms with van der Waals surface area (Å²) in [4.78, 5) is 22.0. The monoisotopic (exact) mass is 472 g/mol. The van der Waals surface area contributed by atoms with Crippen molar-refractivity contribution in [3.05, 3.63) is 51.7 Å². The van der Waals surface area contributed by atoms with Crippen LogP contribution in [0.5, 0.6) is 0 Å². The van der Waals surface area contributed by atoms with E-state index in [1.165, 1.54) is 0 Å². The number of thiazole rings is 1. The molecule has 0 unspecified atom stereocenters. The van der Waals surface area contributed by atoms with Crippen LogP contribution in [0.15, 0.2) is 40.3 Å². The number of carbonyl (C=O) groups is 1. The van der Waals surface area contributed by atoms with Gasteiger partial charge in [0.05, 0.1) is 11.4 Å². The van der Waals surface area contributed by atoms with Gasteiger partial charge in [0, 0.05) is 48.1 Å². The Morgan fingerprint density at radius 2 is 1.93 bits per heavy atom. The van der Waals surface area contributed by atoms with Gasteiger partial charge in [0.2, 0.25) is 0 Å². The Hall–Kier alpha value is -2.26. The van der Waals surface area contributed by atoms with E-state index in [4.69, 9.17) is 0 Å². The maximum absolute atomic E-state index is 13.4. The molecule has 5 rings (SSSR count). The van der Waals surface area contributed by atoms with Crippen LogP contribution >= 0.6 is 27.3 Å². The molecule has 7 nitrogen and oxygen atoms in total. The van der Waals surface area contributed by atoms with Crippen molar-refractivity contribution in [3.8, 4) is 5.69 Å². The summed E-state index contributed by atoms with van der Waals surface area (Å²) in [6.45, 7) is 3.11. The third kappa shape index (κ3) is 3.81. The van der Waals surface area contributed by atoms with E-state index < -0.39 is 0 Å². The minimum absolute atomic E-state index is 0.00347. The molecule has 3 aromatic rings. The fourth-order valence-electron chi connectivity index (χ4n) is 3.77. The number of rotatable bonds is 4. The van der Waals surface area contributed by atoms with E-state index in [-0.39, 0.29) is 5.91 Å². The van der Waals surface area contributed by atoms with E-state index in [1.807, 2.05) is 45.4 Å². The molecule has 0 bridgehead atoms. The molecule has 1 saturated carbocycles. The lowest BCUT2D eigenvalue weighted by Crippen LogP contribution is -2.36. The first-order chi connectivity index (χ1) is 14.2. The molecule has 29 heavy (non-hydrogen) atoms. The molecule has 1 saturated heterocycles. The normalized spacial score (nSPS) is 17.4. The average molecular weight is 473 g/mol. The molecule has 2 aromatic heterocycles. The molecule has 1 aliphatic carbocycles. The summed E-state index contributed by atoms with van der Waals surface area (Å²) in [5, 5.41) is 11.7. The van der Waals surface area contributed by atoms with Crippen LogP contribution in [-0.4, -0.2) is 57.0 Å². The van der Waals surface area contributed by atoms with Gasteiger partial charge < -0.3 is 9.80 Å². The number of hydrogen-bond acceptors (Lipinski definition) is 6. The van der Waals surface area contributed by atoms with Crippen LogP contribution in [-0.2, 0) is 0 Å². The van der Waals surface area contributed by atoms with Crippen LogP contribution in [0.4, 0.5) is 5.13 Å². The summed E-state index contributed by atoms with van der Waals surface area (Å²) in [6.07, 6.45) is 4.92. The van der Waals surface area contributed by atoms with Gasteiger partial charge in [0.15, 0.2) is 10.8 Å². The van der Waals surface area contributed by atoms with Gasteiger partial charge >= 0.3 is 0 Å². The van der Waals surface area contributed by atoms with Crippen LogP contribution in [0.1, 0.15) is 41.4 Å². The van der Waals surface area contributed by atoms with Crippen molar-refractivity contribution in [3.63, 3.8) is 0 Å². The van der Waals surface area contributed by atoms with Crippen molar-refractivity contribution < 1.29 is 4.79 Å². The van der Waals surface area contributed by atoms with Crippen molar-refractivity contribution in [2.75, 3.05) is 31.1 Å². The molecule has 150 valence electrons. The summed E-state index contributed by atoms with van der Waals surface area (Å²) in [6, 6.07) is 7.96. The number of amides is 1. The van der Waals surface area contributed by atoms with Crippen LogP contribution in [0, 0.1) is 0 Å². The van der Waals surface area contributed by atoms with Gasteiger partial charge in [-0.3, -0.25) is 4.79 Å². The number of anilines is 1. The third-order valence-corrected chi connectivity index (χ3v) is 6.78. The van der Waals surface area contributed by atoms with Crippen molar-refractivity contribution >= 4 is 38.3 Å². The molecule has 0 spiro atoms. The highest BCUT2D eigenvalue weighted by Gasteiger charge is 2.36. The largest absolute Gasteiger partial charge is 0.346 e. The molecule has 1 amide bonds. The predicted octanol–water partition coefficient (Wildman–Crippen LogP) is 3.72. The zero-order chi connectivity index (χ0) is 19.8. The standard InChI is InChI=1S/C20H21BrN6OS/c21-15-4-6-16(7-5-15)27-18(14-2-3-14)17(23-24-27)19(28)25-9-1-10-26(12-11-25)20-22-8-13-29-20/h4-8,13-14H,1-3,9-12H2. The fourth-order valence-corrected chi connectivity index (χ4v) is 4.73. The minimum atomic E-state index is -0.00347. The molecule has 0 N–H and O–H groups in total. The molecule has 2 fully saturated rings. The zero-order valence-electron chi connectivity index (χ0n) is 15.9. The van der Waals surface area contributed by atoms with E-state index in [0.717, 1.165) is 59.9 Å². The second kappa shape index (κ2) is 7.87. The van der Waals surface area contributed by atoms with Gasteiger partial charge in [-0.2, -0.15) is 0 Å². The minimum Gasteiger partial charge on any atom is -0.346 e. The van der Waals surface area contributed by atoms with Crippen LogP contribution < -0.4 is 4.90 Å². The molecular formula is C20H21BrN6OS. The van der Waals surface area contributed by atoms with E-state index in [9.17, 15) is 4.79 Å². The van der Waals surface area contributed by atoms with Gasteiger partial charge in [-0.05, 0) is 43.5 Å². The summed E-state index contributed by atoms with van der Waals surface area (Å²) >= 11 is 5.11. The first-order valence-electron chi connectivity index (χ1n) is 9.86. The van der Waals surface area contributed by atoms with Crippen molar-refractivity contribution in [1.82, 2.24) is 24.9 Å². The average Bonchev–Trinajstić information content (AvgIpc) is 3.34. The van der Waals surface area contributed by atoms with Crippen molar-refractivity contribution in [2.24, 2.45) is 0 Å². The second-order valence-electron chi connectivity index (χ2n) is 7.43. The van der Waals surface area contributed by atoms with Crippen LogP contribution in [0.25, 0.3) is 5.69 Å². The Morgan fingerprint density at radius 1 is 1.10 bits per heavy atom. The molecule has 9 heteroatoms. The SMILES string of the molecule is O=C(c1nnn(-c2ccc(Br)cc2)c1C1CC1)N1CCCN(c2nccs2)CC1. The quantitative estimate of drug-likeness (QED) is 0.578. The zero-order valence-corrected chi connectivity index (χ0v) is 18.3. The Balaban J connectivity index is 1.39.